The lowest BCUT2D eigenvalue weighted by Crippen LogP contribution is -2.41. The number of carbonyl (C=O) groups is 1. The number of aromatic nitrogens is 2. The smallest absolute Gasteiger partial charge is 0.314 e. The molecular weight excluding hydrogens is 526 g/mol. The van der Waals surface area contributed by atoms with Gasteiger partial charge in [0.2, 0.25) is 0 Å². The topological polar surface area (TPSA) is 67.2 Å². The highest BCUT2D eigenvalue weighted by Crippen LogP contribution is 2.29. The summed E-state index contributed by atoms with van der Waals surface area (Å²) in [6, 6.07) is 17.1. The molecule has 0 bridgehead atoms. The van der Waals surface area contributed by atoms with Crippen molar-refractivity contribution in [2.24, 2.45) is 5.92 Å². The Labute approximate surface area is 231 Å². The normalized spacial score (nSPS) is 12.1. The van der Waals surface area contributed by atoms with E-state index in [0.29, 0.717) is 52.0 Å². The van der Waals surface area contributed by atoms with Gasteiger partial charge in [0.25, 0.3) is 5.56 Å². The number of nitrogens with one attached hydrogen (secondary N) is 1. The molecule has 4 aromatic rings. The van der Waals surface area contributed by atoms with Gasteiger partial charge in [0, 0.05) is 17.3 Å². The van der Waals surface area contributed by atoms with Crippen LogP contribution in [0.4, 0.5) is 14.9 Å². The maximum atomic E-state index is 14.0. The van der Waals surface area contributed by atoms with Crippen LogP contribution >= 0.6 is 23.2 Å². The first-order chi connectivity index (χ1) is 18.2. The molecule has 1 N–H and O–H groups in total. The number of amides is 2. The van der Waals surface area contributed by atoms with E-state index in [1.165, 1.54) is 22.8 Å². The fourth-order valence-electron chi connectivity index (χ4n) is 4.31. The van der Waals surface area contributed by atoms with Crippen LogP contribution in [0.3, 0.4) is 0 Å². The van der Waals surface area contributed by atoms with Gasteiger partial charge in [-0.05, 0) is 73.4 Å². The lowest BCUT2D eigenvalue weighted by molar-refractivity contribution is 0.176. The molecule has 4 rings (SSSR count). The number of para-hydroxylation sites is 1. The van der Waals surface area contributed by atoms with Gasteiger partial charge in [-0.1, -0.05) is 56.1 Å². The summed E-state index contributed by atoms with van der Waals surface area (Å²) < 4.78 is 15.5. The Morgan fingerprint density at radius 3 is 2.45 bits per heavy atom. The minimum Gasteiger partial charge on any atom is -0.314 e. The second-order valence-corrected chi connectivity index (χ2v) is 10.3. The van der Waals surface area contributed by atoms with Crippen molar-refractivity contribution in [2.45, 2.75) is 39.7 Å². The van der Waals surface area contributed by atoms with E-state index in [2.05, 4.69) is 19.2 Å². The Hall–Kier alpha value is -3.42. The van der Waals surface area contributed by atoms with Gasteiger partial charge in [0.05, 0.1) is 27.7 Å². The van der Waals surface area contributed by atoms with Gasteiger partial charge in [0.15, 0.2) is 0 Å². The number of fused-ring (bicyclic) bond motifs is 1. The molecule has 0 aliphatic carbocycles. The number of anilines is 1. The van der Waals surface area contributed by atoms with E-state index >= 15 is 0 Å². The summed E-state index contributed by atoms with van der Waals surface area (Å²) in [7, 11) is 0. The highest BCUT2D eigenvalue weighted by Gasteiger charge is 2.29. The van der Waals surface area contributed by atoms with Crippen LogP contribution in [0.1, 0.15) is 45.5 Å². The van der Waals surface area contributed by atoms with Crippen molar-refractivity contribution in [2.75, 3.05) is 11.9 Å². The number of hydrogen-bond donors (Lipinski definition) is 1. The molecule has 1 atom stereocenters. The molecule has 9 heteroatoms. The van der Waals surface area contributed by atoms with Gasteiger partial charge in [-0.3, -0.25) is 9.36 Å². The van der Waals surface area contributed by atoms with Crippen LogP contribution in [0.5, 0.6) is 0 Å². The maximum Gasteiger partial charge on any atom is 0.322 e. The number of hydrogen-bond acceptors (Lipinski definition) is 3. The van der Waals surface area contributed by atoms with Gasteiger partial charge < -0.3 is 10.2 Å². The molecule has 2 amide bonds. The highest BCUT2D eigenvalue weighted by atomic mass is 35.5. The molecule has 0 aliphatic rings. The van der Waals surface area contributed by atoms with Crippen LogP contribution in [0.2, 0.25) is 10.0 Å². The lowest BCUT2D eigenvalue weighted by atomic mass is 10.1. The van der Waals surface area contributed by atoms with Crippen LogP contribution < -0.4 is 10.9 Å². The van der Waals surface area contributed by atoms with E-state index in [4.69, 9.17) is 28.2 Å². The Bertz CT molecular complexity index is 1510. The average Bonchev–Trinajstić information content (AvgIpc) is 2.89. The molecule has 0 saturated heterocycles. The number of urea groups is 1. The predicted molar refractivity (Wildman–Crippen MR) is 152 cm³/mol. The van der Waals surface area contributed by atoms with Gasteiger partial charge in [-0.2, -0.15) is 0 Å². The van der Waals surface area contributed by atoms with Gasteiger partial charge >= 0.3 is 6.03 Å². The Balaban J connectivity index is 1.88. The van der Waals surface area contributed by atoms with E-state index < -0.39 is 11.9 Å². The molecule has 0 fully saturated rings. The monoisotopic (exact) mass is 554 g/mol. The number of halogens is 3. The van der Waals surface area contributed by atoms with Crippen molar-refractivity contribution in [1.82, 2.24) is 14.5 Å². The SMILES string of the molecule is CCC(c1nc2ccccc2c(=O)n1-c1ccc(F)c(Cl)c1)N(CCC(C)C)C(=O)Nc1ccc(Cl)cc1. The van der Waals surface area contributed by atoms with Crippen molar-refractivity contribution in [3.05, 3.63) is 98.8 Å². The summed E-state index contributed by atoms with van der Waals surface area (Å²) in [6.07, 6.45) is 1.22. The standard InChI is InChI=1S/C29H29Cl2FN4O2/c1-4-26(35(16-15-18(2)3)29(38)33-20-11-9-19(30)10-12-20)27-34-25-8-6-5-7-22(25)28(37)36(27)21-13-14-24(32)23(31)17-21/h5-14,17-18,26H,4,15-16H2,1-3H3,(H,33,38). The first kappa shape index (κ1) is 27.6. The third-order valence-corrected chi connectivity index (χ3v) is 6.87. The second kappa shape index (κ2) is 12.0. The molecule has 198 valence electrons. The number of carbonyl (C=O) groups excluding carboxylic acids is 1. The van der Waals surface area contributed by atoms with Crippen LogP contribution in [-0.4, -0.2) is 27.0 Å². The molecule has 3 aromatic carbocycles. The quantitative estimate of drug-likeness (QED) is 0.241. The second-order valence-electron chi connectivity index (χ2n) is 9.46. The fourth-order valence-corrected chi connectivity index (χ4v) is 4.61. The molecule has 1 unspecified atom stereocenters. The number of rotatable bonds is 8. The van der Waals surface area contributed by atoms with Crippen molar-refractivity contribution < 1.29 is 9.18 Å². The summed E-state index contributed by atoms with van der Waals surface area (Å²) in [4.78, 5) is 34.1. The van der Waals surface area contributed by atoms with Crippen LogP contribution in [0.15, 0.2) is 71.5 Å². The van der Waals surface area contributed by atoms with Crippen LogP contribution in [0.25, 0.3) is 16.6 Å². The maximum absolute atomic E-state index is 14.0. The molecule has 0 aliphatic heterocycles. The van der Waals surface area contributed by atoms with Crippen molar-refractivity contribution in [3.63, 3.8) is 0 Å². The van der Waals surface area contributed by atoms with Crippen molar-refractivity contribution >= 4 is 45.8 Å². The first-order valence-corrected chi connectivity index (χ1v) is 13.3. The first-order valence-electron chi connectivity index (χ1n) is 12.5. The minimum absolute atomic E-state index is 0.112. The summed E-state index contributed by atoms with van der Waals surface area (Å²) in [5.41, 5.74) is 1.15. The van der Waals surface area contributed by atoms with Gasteiger partial charge in [-0.15, -0.1) is 0 Å². The Morgan fingerprint density at radius 1 is 1.08 bits per heavy atom. The molecule has 0 spiro atoms. The fraction of sp³-hybridized carbons (Fsp3) is 0.276. The molecule has 6 nitrogen and oxygen atoms in total. The van der Waals surface area contributed by atoms with E-state index in [9.17, 15) is 14.0 Å². The summed E-state index contributed by atoms with van der Waals surface area (Å²) in [5.74, 6) is 0.113. The summed E-state index contributed by atoms with van der Waals surface area (Å²) >= 11 is 12.1. The van der Waals surface area contributed by atoms with Crippen molar-refractivity contribution in [3.8, 4) is 5.69 Å². The Kier molecular flexibility index (Phi) is 8.69. The number of benzene rings is 3. The van der Waals surface area contributed by atoms with E-state index in [-0.39, 0.29) is 16.6 Å². The van der Waals surface area contributed by atoms with Crippen LogP contribution in [0, 0.1) is 11.7 Å². The summed E-state index contributed by atoms with van der Waals surface area (Å²) in [6.45, 7) is 6.54. The molecule has 0 radical (unpaired) electrons. The van der Waals surface area contributed by atoms with Gasteiger partial charge in [-0.25, -0.2) is 14.2 Å². The zero-order valence-electron chi connectivity index (χ0n) is 21.4. The lowest BCUT2D eigenvalue weighted by Gasteiger charge is -2.33. The van der Waals surface area contributed by atoms with E-state index in [1.807, 2.05) is 13.0 Å². The number of nitrogens with zero attached hydrogens (tertiary/aromatic N) is 3. The molecule has 1 heterocycles. The molecule has 1 aromatic heterocycles. The highest BCUT2D eigenvalue weighted by molar-refractivity contribution is 6.31. The van der Waals surface area contributed by atoms with E-state index in [1.54, 1.807) is 47.4 Å². The third-order valence-electron chi connectivity index (χ3n) is 6.33. The van der Waals surface area contributed by atoms with E-state index in [0.717, 1.165) is 6.42 Å². The zero-order valence-corrected chi connectivity index (χ0v) is 22.9. The van der Waals surface area contributed by atoms with Crippen LogP contribution in [-0.2, 0) is 0 Å². The largest absolute Gasteiger partial charge is 0.322 e. The van der Waals surface area contributed by atoms with Gasteiger partial charge in [0.1, 0.15) is 11.6 Å². The minimum atomic E-state index is -0.591. The molecule has 38 heavy (non-hydrogen) atoms. The summed E-state index contributed by atoms with van der Waals surface area (Å²) in [5, 5.41) is 3.81. The van der Waals surface area contributed by atoms with Crippen molar-refractivity contribution in [1.29, 1.82) is 0 Å². The zero-order chi connectivity index (χ0) is 27.4. The average molecular weight is 555 g/mol. The molecular formula is C29H29Cl2FN4O2. The third kappa shape index (κ3) is 6.00. The predicted octanol–water partition coefficient (Wildman–Crippen LogP) is 7.86. The molecule has 0 saturated carbocycles. The Morgan fingerprint density at radius 2 is 1.79 bits per heavy atom.